The van der Waals surface area contributed by atoms with Crippen molar-refractivity contribution in [2.24, 2.45) is 0 Å². The van der Waals surface area contributed by atoms with Crippen molar-refractivity contribution in [1.29, 1.82) is 0 Å². The van der Waals surface area contributed by atoms with Crippen LogP contribution in [0.25, 0.3) is 10.8 Å². The van der Waals surface area contributed by atoms with E-state index < -0.39 is 18.5 Å². The molecule has 3 aromatic rings. The number of aromatic amines is 1. The van der Waals surface area contributed by atoms with Crippen LogP contribution in [0.15, 0.2) is 53.3 Å². The molecule has 0 bridgehead atoms. The van der Waals surface area contributed by atoms with E-state index in [1.54, 1.807) is 30.3 Å². The zero-order valence-corrected chi connectivity index (χ0v) is 16.9. The van der Waals surface area contributed by atoms with E-state index in [1.807, 2.05) is 13.0 Å². The smallest absolute Gasteiger partial charge is 0.355 e. The maximum Gasteiger partial charge on any atom is 0.355 e. The van der Waals surface area contributed by atoms with Crippen LogP contribution in [0, 0.1) is 0 Å². The number of H-pyrrole nitrogens is 1. The Morgan fingerprint density at radius 2 is 1.83 bits per heavy atom. The number of esters is 1. The molecule has 154 valence electrons. The van der Waals surface area contributed by atoms with E-state index in [4.69, 9.17) is 4.74 Å². The molecule has 1 aliphatic carbocycles. The Labute approximate surface area is 174 Å². The Kier molecular flexibility index (Phi) is 5.65. The van der Waals surface area contributed by atoms with Crippen molar-refractivity contribution in [2.45, 2.75) is 38.6 Å². The highest BCUT2D eigenvalue weighted by Gasteiger charge is 2.16. The quantitative estimate of drug-likeness (QED) is 0.638. The molecule has 1 atom stereocenters. The van der Waals surface area contributed by atoms with Crippen LogP contribution in [-0.2, 0) is 22.4 Å². The van der Waals surface area contributed by atoms with Gasteiger partial charge in [-0.25, -0.2) is 4.79 Å². The van der Waals surface area contributed by atoms with Crippen molar-refractivity contribution in [1.82, 2.24) is 10.3 Å². The van der Waals surface area contributed by atoms with Crippen molar-refractivity contribution in [3.63, 3.8) is 0 Å². The largest absolute Gasteiger partial charge is 0.451 e. The summed E-state index contributed by atoms with van der Waals surface area (Å²) in [6.45, 7) is 1.49. The Morgan fingerprint density at radius 3 is 2.67 bits per heavy atom. The summed E-state index contributed by atoms with van der Waals surface area (Å²) in [5.74, 6) is -1.13. The van der Waals surface area contributed by atoms with Crippen LogP contribution < -0.4 is 10.9 Å². The first-order chi connectivity index (χ1) is 14.5. The Bertz CT molecular complexity index is 1170. The average Bonchev–Trinajstić information content (AvgIpc) is 2.77. The van der Waals surface area contributed by atoms with E-state index in [2.05, 4.69) is 22.4 Å². The number of nitrogens with one attached hydrogen (secondary N) is 2. The fraction of sp³-hybridized carbons (Fsp3) is 0.292. The number of amides is 1. The van der Waals surface area contributed by atoms with Gasteiger partial charge in [-0.15, -0.1) is 0 Å². The van der Waals surface area contributed by atoms with E-state index in [0.717, 1.165) is 18.4 Å². The lowest BCUT2D eigenvalue weighted by Gasteiger charge is -2.20. The lowest BCUT2D eigenvalue weighted by molar-refractivity contribution is -0.124. The summed E-state index contributed by atoms with van der Waals surface area (Å²) in [4.78, 5) is 39.2. The Balaban J connectivity index is 1.36. The van der Waals surface area contributed by atoms with Gasteiger partial charge in [-0.3, -0.25) is 9.59 Å². The van der Waals surface area contributed by atoms with Gasteiger partial charge in [0, 0.05) is 5.39 Å². The number of rotatable bonds is 5. The van der Waals surface area contributed by atoms with Gasteiger partial charge >= 0.3 is 5.97 Å². The first kappa shape index (κ1) is 19.9. The predicted octanol–water partition coefficient (Wildman–Crippen LogP) is 3.44. The van der Waals surface area contributed by atoms with Gasteiger partial charge in [-0.1, -0.05) is 36.4 Å². The van der Waals surface area contributed by atoms with Gasteiger partial charge in [0.25, 0.3) is 11.5 Å². The molecular formula is C24H24N2O4. The van der Waals surface area contributed by atoms with E-state index in [0.29, 0.717) is 10.8 Å². The van der Waals surface area contributed by atoms with Gasteiger partial charge in [0.1, 0.15) is 5.69 Å². The van der Waals surface area contributed by atoms with E-state index in [9.17, 15) is 14.4 Å². The van der Waals surface area contributed by atoms with Crippen LogP contribution in [-0.4, -0.2) is 23.5 Å². The maximum absolute atomic E-state index is 12.3. The lowest BCUT2D eigenvalue weighted by Crippen LogP contribution is -2.31. The van der Waals surface area contributed by atoms with E-state index in [1.165, 1.54) is 24.0 Å². The third-order valence-corrected chi connectivity index (χ3v) is 5.56. The first-order valence-electron chi connectivity index (χ1n) is 10.2. The third kappa shape index (κ3) is 4.27. The van der Waals surface area contributed by atoms with E-state index in [-0.39, 0.29) is 17.3 Å². The molecule has 1 heterocycles. The minimum Gasteiger partial charge on any atom is -0.451 e. The molecule has 0 radical (unpaired) electrons. The Morgan fingerprint density at radius 1 is 1.07 bits per heavy atom. The monoisotopic (exact) mass is 404 g/mol. The molecule has 1 aliphatic rings. The molecule has 0 saturated carbocycles. The molecule has 6 heteroatoms. The molecule has 0 fully saturated rings. The number of carbonyl (C=O) groups is 2. The topological polar surface area (TPSA) is 88.3 Å². The second-order valence-electron chi connectivity index (χ2n) is 7.70. The van der Waals surface area contributed by atoms with Gasteiger partial charge in [-0.05, 0) is 66.8 Å². The number of hydrogen-bond acceptors (Lipinski definition) is 4. The van der Waals surface area contributed by atoms with Crippen LogP contribution in [0.4, 0.5) is 0 Å². The fourth-order valence-electron chi connectivity index (χ4n) is 3.92. The zero-order valence-electron chi connectivity index (χ0n) is 16.9. The summed E-state index contributed by atoms with van der Waals surface area (Å²) in [5.41, 5.74) is 3.43. The molecule has 0 spiro atoms. The number of fused-ring (bicyclic) bond motifs is 2. The number of carbonyl (C=O) groups excluding carboxylic acids is 2. The van der Waals surface area contributed by atoms with Crippen molar-refractivity contribution in [3.05, 3.63) is 81.3 Å². The molecule has 0 unspecified atom stereocenters. The second kappa shape index (κ2) is 8.53. The molecule has 2 aromatic carbocycles. The average molecular weight is 404 g/mol. The standard InChI is InChI=1S/C24H24N2O4/c1-15(17-11-10-16-6-2-3-7-18(16)12-17)25-22(27)14-30-24(29)21-13-19-8-4-5-9-20(19)23(28)26-21/h4-5,8-13,15H,2-3,6-7,14H2,1H3,(H,25,27)(H,26,28)/t15-/m1/s1. The highest BCUT2D eigenvalue weighted by atomic mass is 16.5. The first-order valence-corrected chi connectivity index (χ1v) is 10.2. The fourth-order valence-corrected chi connectivity index (χ4v) is 3.92. The molecule has 2 N–H and O–H groups in total. The van der Waals surface area contributed by atoms with Gasteiger partial charge in [-0.2, -0.15) is 0 Å². The van der Waals surface area contributed by atoms with Crippen molar-refractivity contribution < 1.29 is 14.3 Å². The van der Waals surface area contributed by atoms with E-state index >= 15 is 0 Å². The summed E-state index contributed by atoms with van der Waals surface area (Å²) < 4.78 is 5.10. The molecule has 4 rings (SSSR count). The highest BCUT2D eigenvalue weighted by Crippen LogP contribution is 2.24. The molecule has 6 nitrogen and oxygen atoms in total. The van der Waals surface area contributed by atoms with Gasteiger partial charge in [0.05, 0.1) is 6.04 Å². The van der Waals surface area contributed by atoms with Crippen LogP contribution in [0.2, 0.25) is 0 Å². The Hall–Kier alpha value is -3.41. The summed E-state index contributed by atoms with van der Waals surface area (Å²) >= 11 is 0. The van der Waals surface area contributed by atoms with Crippen molar-refractivity contribution in [2.75, 3.05) is 6.61 Å². The van der Waals surface area contributed by atoms with Crippen LogP contribution in [0.1, 0.15) is 53.0 Å². The minimum atomic E-state index is -0.741. The molecule has 0 saturated heterocycles. The van der Waals surface area contributed by atoms with Crippen molar-refractivity contribution in [3.8, 4) is 0 Å². The van der Waals surface area contributed by atoms with Crippen LogP contribution in [0.3, 0.4) is 0 Å². The SMILES string of the molecule is C[C@@H](NC(=O)COC(=O)c1cc2ccccc2c(=O)[nH]1)c1ccc2c(c1)CCCC2. The number of aryl methyl sites for hydroxylation is 2. The molecule has 0 aliphatic heterocycles. The second-order valence-corrected chi connectivity index (χ2v) is 7.70. The number of ether oxygens (including phenoxy) is 1. The number of hydrogen-bond donors (Lipinski definition) is 2. The summed E-state index contributed by atoms with van der Waals surface area (Å²) in [5, 5.41) is 3.99. The number of benzene rings is 2. The van der Waals surface area contributed by atoms with Gasteiger partial charge in [0.2, 0.25) is 0 Å². The lowest BCUT2D eigenvalue weighted by atomic mass is 9.89. The van der Waals surface area contributed by atoms with Crippen molar-refractivity contribution >= 4 is 22.6 Å². The molecular weight excluding hydrogens is 380 g/mol. The summed E-state index contributed by atoms with van der Waals surface area (Å²) in [6.07, 6.45) is 4.62. The molecule has 1 amide bonds. The third-order valence-electron chi connectivity index (χ3n) is 5.56. The number of aromatic nitrogens is 1. The van der Waals surface area contributed by atoms with Gasteiger partial charge in [0.15, 0.2) is 6.61 Å². The molecule has 1 aromatic heterocycles. The normalized spacial score (nSPS) is 14.0. The van der Waals surface area contributed by atoms with Crippen LogP contribution >= 0.6 is 0 Å². The van der Waals surface area contributed by atoms with Crippen LogP contribution in [0.5, 0.6) is 0 Å². The highest BCUT2D eigenvalue weighted by molar-refractivity contribution is 5.94. The number of pyridine rings is 1. The van der Waals surface area contributed by atoms with Gasteiger partial charge < -0.3 is 15.0 Å². The predicted molar refractivity (Wildman–Crippen MR) is 114 cm³/mol. The summed E-state index contributed by atoms with van der Waals surface area (Å²) in [7, 11) is 0. The minimum absolute atomic E-state index is 0.0224. The summed E-state index contributed by atoms with van der Waals surface area (Å²) in [6, 6.07) is 14.7. The molecule has 30 heavy (non-hydrogen) atoms. The zero-order chi connectivity index (χ0) is 21.1. The maximum atomic E-state index is 12.3.